The molecule has 98 valence electrons. The second-order valence-corrected chi connectivity index (χ2v) is 4.60. The molecule has 2 aromatic carbocycles. The number of benzene rings is 2. The first kappa shape index (κ1) is 13.5. The highest BCUT2D eigenvalue weighted by atomic mass is 79.9. The van der Waals surface area contributed by atoms with Crippen LogP contribution in [0.2, 0.25) is 0 Å². The highest BCUT2D eigenvalue weighted by molar-refractivity contribution is 9.10. The number of rotatable bonds is 2. The van der Waals surface area contributed by atoms with Crippen LogP contribution in [0.1, 0.15) is 0 Å². The fourth-order valence-corrected chi connectivity index (χ4v) is 1.69. The summed E-state index contributed by atoms with van der Waals surface area (Å²) in [6.07, 6.45) is 0. The van der Waals surface area contributed by atoms with Crippen LogP contribution in [0, 0.1) is 11.6 Å². The van der Waals surface area contributed by atoms with Crippen LogP contribution < -0.4 is 10.6 Å². The molecule has 0 aliphatic carbocycles. The molecule has 0 aliphatic rings. The van der Waals surface area contributed by atoms with E-state index >= 15 is 0 Å². The topological polar surface area (TPSA) is 41.1 Å². The summed E-state index contributed by atoms with van der Waals surface area (Å²) in [5.74, 6) is -1.66. The number of anilines is 2. The van der Waals surface area contributed by atoms with Gasteiger partial charge in [0.2, 0.25) is 0 Å². The van der Waals surface area contributed by atoms with E-state index in [1.807, 2.05) is 0 Å². The number of hydrogen-bond acceptors (Lipinski definition) is 1. The third-order valence-electron chi connectivity index (χ3n) is 2.30. The second-order valence-electron chi connectivity index (χ2n) is 3.68. The number of nitrogens with one attached hydrogen (secondary N) is 2. The number of halogens is 3. The van der Waals surface area contributed by atoms with Crippen molar-refractivity contribution in [2.75, 3.05) is 10.6 Å². The highest BCUT2D eigenvalue weighted by Crippen LogP contribution is 2.19. The Labute approximate surface area is 116 Å². The number of carbonyl (C=O) groups is 1. The first-order chi connectivity index (χ1) is 9.06. The van der Waals surface area contributed by atoms with E-state index in [0.29, 0.717) is 5.69 Å². The monoisotopic (exact) mass is 326 g/mol. The smallest absolute Gasteiger partial charge is 0.308 e. The van der Waals surface area contributed by atoms with Crippen LogP contribution in [0.4, 0.5) is 25.0 Å². The van der Waals surface area contributed by atoms with Gasteiger partial charge in [-0.2, -0.15) is 0 Å². The highest BCUT2D eigenvalue weighted by Gasteiger charge is 2.11. The lowest BCUT2D eigenvalue weighted by Crippen LogP contribution is -2.20. The zero-order valence-electron chi connectivity index (χ0n) is 9.58. The van der Waals surface area contributed by atoms with Crippen molar-refractivity contribution in [3.8, 4) is 0 Å². The molecule has 19 heavy (non-hydrogen) atoms. The van der Waals surface area contributed by atoms with E-state index in [2.05, 4.69) is 26.6 Å². The predicted octanol–water partition coefficient (Wildman–Crippen LogP) is 4.37. The summed E-state index contributed by atoms with van der Waals surface area (Å²) in [6, 6.07) is 9.42. The van der Waals surface area contributed by atoms with Crippen LogP contribution in [0.25, 0.3) is 0 Å². The van der Waals surface area contributed by atoms with Gasteiger partial charge in [-0.15, -0.1) is 0 Å². The molecule has 0 unspecified atom stereocenters. The molecular weight excluding hydrogens is 318 g/mol. The Morgan fingerprint density at radius 1 is 0.947 bits per heavy atom. The van der Waals surface area contributed by atoms with E-state index in [1.54, 1.807) is 24.3 Å². The van der Waals surface area contributed by atoms with E-state index < -0.39 is 23.4 Å². The zero-order valence-corrected chi connectivity index (χ0v) is 11.2. The molecule has 0 aromatic heterocycles. The molecule has 0 heterocycles. The van der Waals surface area contributed by atoms with Crippen LogP contribution in [-0.2, 0) is 0 Å². The van der Waals surface area contributed by atoms with Crippen molar-refractivity contribution in [1.82, 2.24) is 0 Å². The van der Waals surface area contributed by atoms with Gasteiger partial charge in [-0.25, -0.2) is 13.6 Å². The van der Waals surface area contributed by atoms with Crippen molar-refractivity contribution in [2.45, 2.75) is 0 Å². The van der Waals surface area contributed by atoms with Gasteiger partial charge >= 0.3 is 6.03 Å². The van der Waals surface area contributed by atoms with Crippen LogP contribution in [-0.4, -0.2) is 6.03 Å². The maximum atomic E-state index is 13.3. The molecule has 0 saturated heterocycles. The van der Waals surface area contributed by atoms with E-state index in [9.17, 15) is 13.6 Å². The summed E-state index contributed by atoms with van der Waals surface area (Å²) >= 11 is 3.26. The molecule has 0 radical (unpaired) electrons. The summed E-state index contributed by atoms with van der Waals surface area (Å²) in [6.45, 7) is 0. The van der Waals surface area contributed by atoms with Crippen molar-refractivity contribution < 1.29 is 13.6 Å². The lowest BCUT2D eigenvalue weighted by atomic mass is 10.3. The lowest BCUT2D eigenvalue weighted by Gasteiger charge is -2.09. The molecule has 0 saturated carbocycles. The molecule has 2 rings (SSSR count). The molecule has 0 spiro atoms. The van der Waals surface area contributed by atoms with Crippen LogP contribution in [0.5, 0.6) is 0 Å². The second kappa shape index (κ2) is 5.79. The van der Waals surface area contributed by atoms with Gasteiger partial charge in [-0.05, 0) is 36.4 Å². The SMILES string of the molecule is O=C(Nc1ccc(Br)cc1)Nc1c(F)cccc1F. The molecule has 3 nitrogen and oxygen atoms in total. The van der Waals surface area contributed by atoms with Crippen molar-refractivity contribution in [2.24, 2.45) is 0 Å². The average molecular weight is 327 g/mol. The number of urea groups is 1. The van der Waals surface area contributed by atoms with Gasteiger partial charge in [0.25, 0.3) is 0 Å². The van der Waals surface area contributed by atoms with Gasteiger partial charge in [0.15, 0.2) is 0 Å². The molecule has 2 amide bonds. The Morgan fingerprint density at radius 2 is 1.53 bits per heavy atom. The summed E-state index contributed by atoms with van der Waals surface area (Å²) in [4.78, 5) is 11.6. The van der Waals surface area contributed by atoms with E-state index in [-0.39, 0.29) is 0 Å². The minimum atomic E-state index is -0.828. The molecule has 0 aliphatic heterocycles. The van der Waals surface area contributed by atoms with Crippen molar-refractivity contribution in [3.63, 3.8) is 0 Å². The maximum Gasteiger partial charge on any atom is 0.323 e. The lowest BCUT2D eigenvalue weighted by molar-refractivity contribution is 0.262. The van der Waals surface area contributed by atoms with Gasteiger partial charge < -0.3 is 10.6 Å². The normalized spacial score (nSPS) is 10.1. The largest absolute Gasteiger partial charge is 0.323 e. The van der Waals surface area contributed by atoms with Gasteiger partial charge in [0.05, 0.1) is 0 Å². The number of amides is 2. The molecule has 2 aromatic rings. The standard InChI is InChI=1S/C13H9BrF2N2O/c14-8-4-6-9(7-5-8)17-13(19)18-12-10(15)2-1-3-11(12)16/h1-7H,(H2,17,18,19). The van der Waals surface area contributed by atoms with Gasteiger partial charge in [0.1, 0.15) is 17.3 Å². The Bertz CT molecular complexity index is 582. The van der Waals surface area contributed by atoms with E-state index in [4.69, 9.17) is 0 Å². The molecular formula is C13H9BrF2N2O. The van der Waals surface area contributed by atoms with E-state index in [0.717, 1.165) is 16.6 Å². The fraction of sp³-hybridized carbons (Fsp3) is 0. The van der Waals surface area contributed by atoms with Crippen molar-refractivity contribution in [3.05, 3.63) is 58.6 Å². The third kappa shape index (κ3) is 3.51. The Balaban J connectivity index is 2.07. The predicted molar refractivity (Wildman–Crippen MR) is 73.1 cm³/mol. The number of carbonyl (C=O) groups excluding carboxylic acids is 1. The van der Waals surface area contributed by atoms with Crippen molar-refractivity contribution >= 4 is 33.3 Å². The van der Waals surface area contributed by atoms with Crippen LogP contribution in [0.15, 0.2) is 46.9 Å². The first-order valence-corrected chi connectivity index (χ1v) is 6.13. The summed E-state index contributed by atoms with van der Waals surface area (Å²) in [5, 5.41) is 4.60. The zero-order chi connectivity index (χ0) is 13.8. The number of hydrogen-bond donors (Lipinski definition) is 2. The Kier molecular flexibility index (Phi) is 4.11. The first-order valence-electron chi connectivity index (χ1n) is 5.34. The fourth-order valence-electron chi connectivity index (χ4n) is 1.43. The quantitative estimate of drug-likeness (QED) is 0.845. The molecule has 2 N–H and O–H groups in total. The Hall–Kier alpha value is -1.95. The number of para-hydroxylation sites is 1. The Morgan fingerprint density at radius 3 is 2.11 bits per heavy atom. The van der Waals surface area contributed by atoms with Crippen LogP contribution >= 0.6 is 15.9 Å². The van der Waals surface area contributed by atoms with Gasteiger partial charge in [0, 0.05) is 10.2 Å². The van der Waals surface area contributed by atoms with E-state index in [1.165, 1.54) is 6.07 Å². The summed E-state index contributed by atoms with van der Waals surface area (Å²) in [7, 11) is 0. The maximum absolute atomic E-state index is 13.3. The van der Waals surface area contributed by atoms with Crippen LogP contribution in [0.3, 0.4) is 0 Å². The minimum Gasteiger partial charge on any atom is -0.308 e. The summed E-state index contributed by atoms with van der Waals surface area (Å²) < 4.78 is 27.5. The molecule has 6 heteroatoms. The average Bonchev–Trinajstić information content (AvgIpc) is 2.37. The van der Waals surface area contributed by atoms with Gasteiger partial charge in [-0.3, -0.25) is 0 Å². The third-order valence-corrected chi connectivity index (χ3v) is 2.83. The minimum absolute atomic E-state index is 0.475. The van der Waals surface area contributed by atoms with Gasteiger partial charge in [-0.1, -0.05) is 22.0 Å². The van der Waals surface area contributed by atoms with Crippen molar-refractivity contribution in [1.29, 1.82) is 0 Å². The molecule has 0 atom stereocenters. The molecule has 0 fully saturated rings. The molecule has 0 bridgehead atoms. The summed E-state index contributed by atoms with van der Waals surface area (Å²) in [5.41, 5.74) is 0.0366.